The van der Waals surface area contributed by atoms with Crippen LogP contribution in [0.15, 0.2) is 92.8 Å². The first kappa shape index (κ1) is 46.5. The van der Waals surface area contributed by atoms with Gasteiger partial charge >= 0.3 is 0 Å². The van der Waals surface area contributed by atoms with Gasteiger partial charge in [0.05, 0.1) is 29.0 Å². The minimum Gasteiger partial charge on any atom is -0.390 e. The van der Waals surface area contributed by atoms with Crippen molar-refractivity contribution in [3.05, 3.63) is 126 Å². The maximum absolute atomic E-state index is 5.19. The molecule has 0 radical (unpaired) electrons. The molecule has 1 unspecified atom stereocenters. The van der Waals surface area contributed by atoms with Crippen LogP contribution < -0.4 is 15.5 Å². The third-order valence-electron chi connectivity index (χ3n) is 15.9. The molecule has 11 heteroatoms. The molecule has 7 heterocycles. The monoisotopic (exact) mass is 902 g/mol. The number of nitrogens with zero attached hydrogens (tertiary/aromatic N) is 9. The molecule has 3 aromatic heterocycles. The van der Waals surface area contributed by atoms with E-state index in [1.54, 1.807) is 0 Å². The zero-order valence-electron chi connectivity index (χ0n) is 41.2. The number of rotatable bonds is 12. The fraction of sp³-hybridized carbons (Fsp3) is 0.482. The number of allylic oxidation sites excluding steroid dienone is 1. The molecule has 354 valence electrons. The van der Waals surface area contributed by atoms with Gasteiger partial charge in [0.15, 0.2) is 0 Å². The number of piperidine rings is 2. The van der Waals surface area contributed by atoms with E-state index in [2.05, 4.69) is 136 Å². The number of fused-ring (bicyclic) bond motifs is 8. The Morgan fingerprint density at radius 2 is 1.78 bits per heavy atom. The van der Waals surface area contributed by atoms with Gasteiger partial charge in [-0.15, -0.1) is 6.58 Å². The highest BCUT2D eigenvalue weighted by atomic mass is 15.3. The Labute approximate surface area is 400 Å². The maximum atomic E-state index is 5.19. The van der Waals surface area contributed by atoms with Gasteiger partial charge in [0.1, 0.15) is 0 Å². The molecular weight excluding hydrogens is 827 g/mol. The number of anilines is 2. The molecule has 1 spiro atoms. The second-order valence-corrected chi connectivity index (χ2v) is 20.4. The van der Waals surface area contributed by atoms with Crippen LogP contribution in [0.25, 0.3) is 33.7 Å². The summed E-state index contributed by atoms with van der Waals surface area (Å²) >= 11 is 0. The van der Waals surface area contributed by atoms with Crippen molar-refractivity contribution in [3.63, 3.8) is 0 Å². The SMILES string of the molecule is C=CCCC(C(=C)NC)N1Cc2c(cccc2N(C)CCN2CCC3(CC2)CCN(Cc2ccc4nc5n(c4c2)C[C@H](C)CCCCc2c(cnn2C)-c2cc(cc(C)n2)C(=C)N5)CC3)C1=C. The number of likely N-dealkylation sites (tertiary alicyclic amines) is 2. The van der Waals surface area contributed by atoms with Crippen molar-refractivity contribution in [2.45, 2.75) is 104 Å². The predicted octanol–water partition coefficient (Wildman–Crippen LogP) is 10.3. The van der Waals surface area contributed by atoms with Gasteiger partial charge in [-0.2, -0.15) is 5.10 Å². The fourth-order valence-electron chi connectivity index (χ4n) is 11.6. The molecule has 2 saturated heterocycles. The van der Waals surface area contributed by atoms with Crippen LogP contribution in [0.3, 0.4) is 0 Å². The number of aromatic nitrogens is 5. The van der Waals surface area contributed by atoms with E-state index in [-0.39, 0.29) is 6.04 Å². The van der Waals surface area contributed by atoms with Crippen LogP contribution in [-0.4, -0.2) is 98.4 Å². The number of imidazole rings is 1. The van der Waals surface area contributed by atoms with E-state index in [0.29, 0.717) is 11.3 Å². The smallest absolute Gasteiger partial charge is 0.208 e. The van der Waals surface area contributed by atoms with Gasteiger partial charge in [-0.1, -0.05) is 57.4 Å². The standard InChI is InChI=1S/C56H75N11/c1-10-11-17-51(42(5)57-7)66-38-48-46(43(66)6)16-14-19-52(48)62(8)30-31-64-26-22-56(23-27-64)24-28-65(29-25-56)37-44-20-21-49-54(33-44)67-36-39(2)15-12-13-18-53-47(35-58-63(53)9)50-34-45(32-40(3)59-50)41(4)60-55(67)61-49/h10,14,16,19-21,32-35,39,51,57H,1,4-6,11-13,15,17-18,22-31,36-38H2,2-3,7-9H3,(H,60,61)/t39-,51?/m1/s1. The Morgan fingerprint density at radius 1 is 1.00 bits per heavy atom. The van der Waals surface area contributed by atoms with Gasteiger partial charge in [0, 0.05) is 110 Å². The zero-order valence-corrected chi connectivity index (χ0v) is 41.2. The van der Waals surface area contributed by atoms with Gasteiger partial charge in [-0.3, -0.25) is 14.6 Å². The Morgan fingerprint density at radius 3 is 2.54 bits per heavy atom. The molecule has 2 N–H and O–H groups in total. The Bertz CT molecular complexity index is 2610. The summed E-state index contributed by atoms with van der Waals surface area (Å²) in [5.74, 6) is 1.35. The zero-order chi connectivity index (χ0) is 46.8. The van der Waals surface area contributed by atoms with Crippen molar-refractivity contribution in [2.24, 2.45) is 18.4 Å². The largest absolute Gasteiger partial charge is 0.390 e. The van der Waals surface area contributed by atoms with Crippen LogP contribution in [0.1, 0.15) is 98.4 Å². The van der Waals surface area contributed by atoms with E-state index in [4.69, 9.17) is 9.97 Å². The lowest BCUT2D eigenvalue weighted by Gasteiger charge is -2.47. The van der Waals surface area contributed by atoms with E-state index in [1.165, 1.54) is 72.4 Å². The molecule has 0 amide bonds. The number of nitrogens with one attached hydrogen (secondary N) is 2. The quantitative estimate of drug-likeness (QED) is 0.119. The highest BCUT2D eigenvalue weighted by molar-refractivity contribution is 5.83. The van der Waals surface area contributed by atoms with Crippen molar-refractivity contribution in [1.82, 2.24) is 44.3 Å². The van der Waals surface area contributed by atoms with Crippen molar-refractivity contribution in [1.29, 1.82) is 0 Å². The van der Waals surface area contributed by atoms with Crippen molar-refractivity contribution < 1.29 is 0 Å². The van der Waals surface area contributed by atoms with Crippen LogP contribution in [0.2, 0.25) is 0 Å². The average molecular weight is 902 g/mol. The van der Waals surface area contributed by atoms with Crippen molar-refractivity contribution >= 4 is 34.1 Å². The summed E-state index contributed by atoms with van der Waals surface area (Å²) in [7, 11) is 6.28. The van der Waals surface area contributed by atoms with E-state index in [1.807, 2.05) is 31.1 Å². The summed E-state index contributed by atoms with van der Waals surface area (Å²) in [5.41, 5.74) is 16.3. The Kier molecular flexibility index (Phi) is 13.8. The average Bonchev–Trinajstić information content (AvgIpc) is 3.99. The first-order valence-electron chi connectivity index (χ1n) is 25.1. The molecule has 5 aromatic rings. The van der Waals surface area contributed by atoms with Gasteiger partial charge in [-0.25, -0.2) is 4.98 Å². The summed E-state index contributed by atoms with van der Waals surface area (Å²) in [6, 6.07) is 18.1. The second-order valence-electron chi connectivity index (χ2n) is 20.4. The van der Waals surface area contributed by atoms with Crippen molar-refractivity contribution in [3.8, 4) is 11.3 Å². The van der Waals surface area contributed by atoms with Crippen LogP contribution in [0.5, 0.6) is 0 Å². The van der Waals surface area contributed by atoms with E-state index in [0.717, 1.165) is 135 Å². The lowest BCUT2D eigenvalue weighted by atomic mass is 9.71. The van der Waals surface area contributed by atoms with Gasteiger partial charge in [0.2, 0.25) is 5.95 Å². The number of likely N-dealkylation sites (N-methyl/N-ethyl adjacent to an activating group) is 2. The molecule has 2 fully saturated rings. The summed E-state index contributed by atoms with van der Waals surface area (Å²) in [6.45, 7) is 31.4. The number of aryl methyl sites for hydroxylation is 2. The predicted molar refractivity (Wildman–Crippen MR) is 279 cm³/mol. The third kappa shape index (κ3) is 9.86. The number of hydrogen-bond donors (Lipinski definition) is 2. The van der Waals surface area contributed by atoms with E-state index < -0.39 is 0 Å². The number of hydrogen-bond acceptors (Lipinski definition) is 9. The second kappa shape index (κ2) is 19.9. The van der Waals surface area contributed by atoms with E-state index in [9.17, 15) is 0 Å². The molecule has 2 aromatic carbocycles. The van der Waals surface area contributed by atoms with Crippen LogP contribution in [0, 0.1) is 18.3 Å². The summed E-state index contributed by atoms with van der Waals surface area (Å²) in [4.78, 5) is 20.4. The lowest BCUT2D eigenvalue weighted by molar-refractivity contribution is 0.0333. The highest BCUT2D eigenvalue weighted by Crippen LogP contribution is 2.43. The van der Waals surface area contributed by atoms with Crippen LogP contribution in [0.4, 0.5) is 11.6 Å². The molecule has 0 aliphatic carbocycles. The van der Waals surface area contributed by atoms with Crippen LogP contribution in [-0.2, 0) is 33.1 Å². The first-order valence-corrected chi connectivity index (χ1v) is 25.1. The van der Waals surface area contributed by atoms with Gasteiger partial charge in [0.25, 0.3) is 0 Å². The molecule has 2 atom stereocenters. The van der Waals surface area contributed by atoms with Crippen molar-refractivity contribution in [2.75, 3.05) is 63.6 Å². The number of pyridine rings is 1. The maximum Gasteiger partial charge on any atom is 0.208 e. The van der Waals surface area contributed by atoms with E-state index >= 15 is 0 Å². The first-order chi connectivity index (χ1) is 32.4. The van der Waals surface area contributed by atoms with Gasteiger partial charge in [-0.05, 0) is 138 Å². The molecule has 2 bridgehead atoms. The highest BCUT2D eigenvalue weighted by Gasteiger charge is 2.38. The minimum atomic E-state index is 0.185. The Hall–Kier alpha value is -5.65. The third-order valence-corrected chi connectivity index (χ3v) is 15.9. The summed E-state index contributed by atoms with van der Waals surface area (Å²) in [6.07, 6.45) is 15.5. The summed E-state index contributed by atoms with van der Waals surface area (Å²) in [5, 5.41) is 11.6. The van der Waals surface area contributed by atoms with Gasteiger partial charge < -0.3 is 29.9 Å². The molecule has 9 rings (SSSR count). The Balaban J connectivity index is 0.807. The normalized spacial score (nSPS) is 19.5. The molecule has 4 aliphatic rings. The van der Waals surface area contributed by atoms with Crippen LogP contribution >= 0.6 is 0 Å². The molecular formula is C56H75N11. The molecule has 4 aliphatic heterocycles. The number of benzene rings is 2. The topological polar surface area (TPSA) is 85.6 Å². The molecule has 11 nitrogen and oxygen atoms in total. The molecule has 0 saturated carbocycles. The molecule has 67 heavy (non-hydrogen) atoms. The summed E-state index contributed by atoms with van der Waals surface area (Å²) < 4.78 is 4.44. The lowest BCUT2D eigenvalue weighted by Crippen LogP contribution is -2.47. The fourth-order valence-corrected chi connectivity index (χ4v) is 11.6. The minimum absolute atomic E-state index is 0.185.